The summed E-state index contributed by atoms with van der Waals surface area (Å²) in [5.41, 5.74) is 1.58. The molecule has 5 heteroatoms. The zero-order chi connectivity index (χ0) is 11.4. The zero-order valence-electron chi connectivity index (χ0n) is 9.15. The molecule has 0 rings (SSSR count). The molecule has 0 fully saturated rings. The Bertz CT molecular complexity index is 167. The van der Waals surface area contributed by atoms with Gasteiger partial charge in [0, 0.05) is 21.3 Å². The predicted molar refractivity (Wildman–Crippen MR) is 57.9 cm³/mol. The molecule has 0 unspecified atom stereocenters. The molecule has 0 spiro atoms. The average Bonchev–Trinajstić information content (AvgIpc) is 2.24. The van der Waals surface area contributed by atoms with Crippen LogP contribution < -0.4 is 0 Å². The second kappa shape index (κ2) is 10.3. The molecule has 0 atom stereocenters. The van der Waals surface area contributed by atoms with Crippen LogP contribution in [0.15, 0.2) is 24.4 Å². The third-order valence-corrected chi connectivity index (χ3v) is 3.58. The van der Waals surface area contributed by atoms with E-state index in [1.807, 2.05) is 0 Å². The monoisotopic (exact) mass is 218 g/mol. The first kappa shape index (κ1) is 15.7. The summed E-state index contributed by atoms with van der Waals surface area (Å²) in [6.07, 6.45) is 3.88. The molecule has 0 amide bonds. The van der Waals surface area contributed by atoms with Crippen molar-refractivity contribution in [3.63, 3.8) is 0 Å². The summed E-state index contributed by atoms with van der Waals surface area (Å²) < 4.78 is 14.9. The summed E-state index contributed by atoms with van der Waals surface area (Å²) >= 11 is 0. The second-order valence-electron chi connectivity index (χ2n) is 2.08. The van der Waals surface area contributed by atoms with Crippen molar-refractivity contribution in [3.8, 4) is 0 Å². The fraction of sp³-hybridized carbons (Fsp3) is 0.444. The summed E-state index contributed by atoms with van der Waals surface area (Å²) in [5, 5.41) is 0. The largest absolute Gasteiger partial charge is 0.528 e. The van der Waals surface area contributed by atoms with E-state index in [4.69, 9.17) is 13.3 Å². The van der Waals surface area contributed by atoms with Crippen molar-refractivity contribution in [2.45, 2.75) is 6.92 Å². The number of hydrogen-bond acceptors (Lipinski definition) is 4. The van der Waals surface area contributed by atoms with E-state index in [-0.39, 0.29) is 0 Å². The van der Waals surface area contributed by atoms with Crippen LogP contribution >= 0.6 is 0 Å². The van der Waals surface area contributed by atoms with Gasteiger partial charge in [0.1, 0.15) is 6.29 Å². The van der Waals surface area contributed by atoms with E-state index in [9.17, 15) is 4.79 Å². The van der Waals surface area contributed by atoms with Crippen LogP contribution in [0.5, 0.6) is 0 Å². The van der Waals surface area contributed by atoms with Crippen LogP contribution in [0.2, 0.25) is 0 Å². The Morgan fingerprint density at radius 3 is 1.57 bits per heavy atom. The summed E-state index contributed by atoms with van der Waals surface area (Å²) in [5.74, 6) is 0. The van der Waals surface area contributed by atoms with Gasteiger partial charge in [-0.05, 0) is 18.7 Å². The van der Waals surface area contributed by atoms with Gasteiger partial charge >= 0.3 is 8.80 Å². The fourth-order valence-corrected chi connectivity index (χ4v) is 1.58. The first-order valence-corrected chi connectivity index (χ1v) is 5.82. The molecule has 0 aromatic heterocycles. The Balaban J connectivity index is 0. The van der Waals surface area contributed by atoms with Gasteiger partial charge in [-0.15, -0.1) is 0 Å². The number of aldehydes is 1. The lowest BCUT2D eigenvalue weighted by molar-refractivity contribution is -0.104. The maximum atomic E-state index is 9.32. The van der Waals surface area contributed by atoms with E-state index in [1.165, 1.54) is 6.08 Å². The van der Waals surface area contributed by atoms with E-state index in [2.05, 4.69) is 6.58 Å². The summed E-state index contributed by atoms with van der Waals surface area (Å²) in [6.45, 7) is 5.33. The van der Waals surface area contributed by atoms with E-state index >= 15 is 0 Å². The molecule has 0 aromatic carbocycles. The van der Waals surface area contributed by atoms with Gasteiger partial charge in [-0.2, -0.15) is 0 Å². The Hall–Kier alpha value is -0.753. The molecule has 0 saturated heterocycles. The number of hydrogen-bond donors (Lipinski definition) is 0. The van der Waals surface area contributed by atoms with Crippen LogP contribution in [0.25, 0.3) is 0 Å². The lowest BCUT2D eigenvalue weighted by Gasteiger charge is -2.19. The van der Waals surface area contributed by atoms with Crippen LogP contribution in [-0.2, 0) is 18.1 Å². The van der Waals surface area contributed by atoms with Crippen molar-refractivity contribution in [1.82, 2.24) is 0 Å². The molecule has 4 nitrogen and oxygen atoms in total. The minimum Gasteiger partial charge on any atom is -0.374 e. The van der Waals surface area contributed by atoms with E-state index in [0.29, 0.717) is 0 Å². The molecule has 0 aromatic rings. The van der Waals surface area contributed by atoms with Gasteiger partial charge in [0.2, 0.25) is 0 Å². The number of allylic oxidation sites excluding steroid dienone is 2. The Kier molecular flexibility index (Phi) is 11.6. The molecule has 0 N–H and O–H groups in total. The van der Waals surface area contributed by atoms with E-state index in [0.717, 1.165) is 6.29 Å². The van der Waals surface area contributed by atoms with Gasteiger partial charge in [0.25, 0.3) is 0 Å². The maximum Gasteiger partial charge on any atom is 0.528 e. The fourth-order valence-electron chi connectivity index (χ4n) is 0.579. The third kappa shape index (κ3) is 6.73. The average molecular weight is 218 g/mol. The van der Waals surface area contributed by atoms with E-state index in [1.54, 1.807) is 40.0 Å². The SMILES string of the molecule is C=C[Si](OC)(OC)OC.CC=CC=O. The van der Waals surface area contributed by atoms with Gasteiger partial charge in [-0.25, -0.2) is 0 Å². The van der Waals surface area contributed by atoms with Gasteiger partial charge in [0.05, 0.1) is 0 Å². The molecule has 0 heterocycles. The molecule has 0 radical (unpaired) electrons. The van der Waals surface area contributed by atoms with Crippen LogP contribution in [0.3, 0.4) is 0 Å². The van der Waals surface area contributed by atoms with Crippen LogP contribution in [0, 0.1) is 0 Å². The zero-order valence-corrected chi connectivity index (χ0v) is 10.1. The molecular weight excluding hydrogens is 200 g/mol. The number of rotatable bonds is 5. The molecule has 0 aliphatic rings. The highest BCUT2D eigenvalue weighted by Gasteiger charge is 2.33. The standard InChI is InChI=1S/C5H12O3Si.C4H6O/c1-5-9(6-2,7-3)8-4;1-2-3-4-5/h5H,1H2,2-4H3;2-4H,1H3. The quantitative estimate of drug-likeness (QED) is 0.397. The van der Waals surface area contributed by atoms with Gasteiger partial charge < -0.3 is 13.3 Å². The molecular formula is C9H18O4Si. The van der Waals surface area contributed by atoms with Crippen molar-refractivity contribution in [2.24, 2.45) is 0 Å². The minimum absolute atomic E-state index is 0.750. The van der Waals surface area contributed by atoms with Crippen molar-refractivity contribution in [2.75, 3.05) is 21.3 Å². The highest BCUT2D eigenvalue weighted by molar-refractivity contribution is 6.66. The van der Waals surface area contributed by atoms with Crippen LogP contribution in [0.1, 0.15) is 6.92 Å². The van der Waals surface area contributed by atoms with Crippen LogP contribution in [0.4, 0.5) is 0 Å². The minimum atomic E-state index is -2.43. The van der Waals surface area contributed by atoms with Crippen molar-refractivity contribution in [3.05, 3.63) is 24.4 Å². The second-order valence-corrected chi connectivity index (χ2v) is 4.92. The Morgan fingerprint density at radius 2 is 1.57 bits per heavy atom. The van der Waals surface area contributed by atoms with Crippen molar-refractivity contribution < 1.29 is 18.1 Å². The molecule has 0 bridgehead atoms. The number of carbonyl (C=O) groups is 1. The Morgan fingerprint density at radius 1 is 1.14 bits per heavy atom. The van der Waals surface area contributed by atoms with Gasteiger partial charge in [-0.1, -0.05) is 12.7 Å². The van der Waals surface area contributed by atoms with Crippen LogP contribution in [-0.4, -0.2) is 36.4 Å². The van der Waals surface area contributed by atoms with E-state index < -0.39 is 8.80 Å². The highest BCUT2D eigenvalue weighted by atomic mass is 28.4. The number of carbonyl (C=O) groups excluding carboxylic acids is 1. The normalized spacial score (nSPS) is 10.6. The maximum absolute atomic E-state index is 9.32. The lowest BCUT2D eigenvalue weighted by atomic mass is 10.6. The topological polar surface area (TPSA) is 44.8 Å². The Labute approximate surface area is 86.5 Å². The first-order chi connectivity index (χ1) is 6.66. The highest BCUT2D eigenvalue weighted by Crippen LogP contribution is 2.04. The molecule has 14 heavy (non-hydrogen) atoms. The molecule has 82 valence electrons. The van der Waals surface area contributed by atoms with Gasteiger partial charge in [-0.3, -0.25) is 4.79 Å². The molecule has 0 aliphatic heterocycles. The summed E-state index contributed by atoms with van der Waals surface area (Å²) in [4.78, 5) is 9.32. The van der Waals surface area contributed by atoms with Gasteiger partial charge in [0.15, 0.2) is 0 Å². The molecule has 0 saturated carbocycles. The third-order valence-electron chi connectivity index (χ3n) is 1.37. The van der Waals surface area contributed by atoms with Crippen molar-refractivity contribution >= 4 is 15.1 Å². The molecule has 0 aliphatic carbocycles. The lowest BCUT2D eigenvalue weighted by Crippen LogP contribution is -2.40. The smallest absolute Gasteiger partial charge is 0.374 e. The summed E-state index contributed by atoms with van der Waals surface area (Å²) in [6, 6.07) is 0. The summed E-state index contributed by atoms with van der Waals surface area (Å²) in [7, 11) is 2.20. The van der Waals surface area contributed by atoms with Crippen molar-refractivity contribution in [1.29, 1.82) is 0 Å². The first-order valence-electron chi connectivity index (χ1n) is 4.01. The predicted octanol–water partition coefficient (Wildman–Crippen LogP) is 1.35.